The van der Waals surface area contributed by atoms with Crippen LogP contribution in [-0.4, -0.2) is 58.0 Å². The minimum absolute atomic E-state index is 0.230. The predicted octanol–water partition coefficient (Wildman–Crippen LogP) is 6.42. The molecule has 2 aliphatic heterocycles. The minimum atomic E-state index is -1.68. The first kappa shape index (κ1) is 28.0. The maximum atomic E-state index is 12.4. The molecule has 35 heavy (non-hydrogen) atoms. The molecule has 0 spiro atoms. The number of hydrogen-bond donors (Lipinski definition) is 0. The maximum absolute atomic E-state index is 12.4. The molecule has 0 aliphatic carbocycles. The smallest absolute Gasteiger partial charge is 0.410 e. The minimum Gasteiger partial charge on any atom is -0.463 e. The van der Waals surface area contributed by atoms with Gasteiger partial charge in [-0.25, -0.2) is 4.79 Å². The van der Waals surface area contributed by atoms with Gasteiger partial charge >= 0.3 is 6.09 Å². The molecule has 1 amide bonds. The number of carbonyl (C=O) groups is 1. The zero-order chi connectivity index (χ0) is 25.7. The van der Waals surface area contributed by atoms with Crippen LogP contribution in [0.4, 0.5) is 4.79 Å². The first-order valence-corrected chi connectivity index (χ1v) is 15.9. The highest BCUT2D eigenvalue weighted by Gasteiger charge is 2.37. The molecule has 1 aromatic rings. The lowest BCUT2D eigenvalue weighted by atomic mass is 10.0. The van der Waals surface area contributed by atoms with Crippen LogP contribution in [0.3, 0.4) is 0 Å². The summed E-state index contributed by atoms with van der Waals surface area (Å²) in [6.45, 7) is 19.0. The highest BCUT2D eigenvalue weighted by Crippen LogP contribution is 2.37. The summed E-state index contributed by atoms with van der Waals surface area (Å²) in [6, 6.07) is 5.97. The number of rotatable bonds is 12. The van der Waals surface area contributed by atoms with Crippen molar-refractivity contribution in [3.63, 3.8) is 0 Å². The molecule has 7 nitrogen and oxygen atoms in total. The third kappa shape index (κ3) is 7.94. The molecule has 1 saturated heterocycles. The Kier molecular flexibility index (Phi) is 9.29. The summed E-state index contributed by atoms with van der Waals surface area (Å²) in [5, 5.41) is 0.233. The first-order chi connectivity index (χ1) is 16.4. The number of fused-ring (bicyclic) bond motifs is 1. The first-order valence-electron chi connectivity index (χ1n) is 13.0. The van der Waals surface area contributed by atoms with Gasteiger partial charge in [0.25, 0.3) is 0 Å². The Labute approximate surface area is 212 Å². The van der Waals surface area contributed by atoms with E-state index >= 15 is 0 Å². The van der Waals surface area contributed by atoms with E-state index in [2.05, 4.69) is 33.9 Å². The summed E-state index contributed by atoms with van der Waals surface area (Å²) in [6.07, 6.45) is 3.69. The molecule has 1 atom stereocenters. The summed E-state index contributed by atoms with van der Waals surface area (Å²) in [4.78, 5) is 14.2. The zero-order valence-electron chi connectivity index (χ0n) is 22.8. The summed E-state index contributed by atoms with van der Waals surface area (Å²) in [7, 11) is -1.68. The van der Waals surface area contributed by atoms with Crippen molar-refractivity contribution in [3.8, 4) is 5.75 Å². The maximum Gasteiger partial charge on any atom is 0.410 e. The average Bonchev–Trinajstić information content (AvgIpc) is 3.13. The van der Waals surface area contributed by atoms with Crippen molar-refractivity contribution in [1.82, 2.24) is 4.90 Å². The second-order valence-corrected chi connectivity index (χ2v) is 16.4. The molecule has 0 bridgehead atoms. The summed E-state index contributed by atoms with van der Waals surface area (Å²) in [5.74, 6) is 0.217. The zero-order valence-corrected chi connectivity index (χ0v) is 23.8. The van der Waals surface area contributed by atoms with E-state index in [1.54, 1.807) is 0 Å². The van der Waals surface area contributed by atoms with Crippen LogP contribution in [0.25, 0.3) is 0 Å². The van der Waals surface area contributed by atoms with Crippen LogP contribution in [0, 0.1) is 0 Å². The van der Waals surface area contributed by atoms with E-state index in [9.17, 15) is 4.79 Å². The molecular weight excluding hydrogens is 462 g/mol. The molecule has 3 rings (SSSR count). The van der Waals surface area contributed by atoms with E-state index < -0.39 is 14.1 Å². The van der Waals surface area contributed by atoms with E-state index in [4.69, 9.17) is 23.4 Å². The van der Waals surface area contributed by atoms with Gasteiger partial charge in [0.2, 0.25) is 5.79 Å². The van der Waals surface area contributed by atoms with Gasteiger partial charge in [0, 0.05) is 32.6 Å². The number of cyclic esters (lactones) is 1. The number of benzene rings is 1. The quantitative estimate of drug-likeness (QED) is 0.240. The second-order valence-electron chi connectivity index (χ2n) is 11.6. The molecule has 0 aromatic heterocycles. The van der Waals surface area contributed by atoms with Crippen LogP contribution in [0.2, 0.25) is 18.1 Å². The summed E-state index contributed by atoms with van der Waals surface area (Å²) in [5.41, 5.74) is 1.98. The lowest BCUT2D eigenvalue weighted by Gasteiger charge is -2.36. The van der Waals surface area contributed by atoms with Gasteiger partial charge in [0.1, 0.15) is 11.9 Å². The Morgan fingerprint density at radius 2 is 1.83 bits per heavy atom. The van der Waals surface area contributed by atoms with Gasteiger partial charge in [0.05, 0.1) is 26.4 Å². The summed E-state index contributed by atoms with van der Waals surface area (Å²) >= 11 is 0. The van der Waals surface area contributed by atoms with Crippen molar-refractivity contribution in [2.75, 3.05) is 32.9 Å². The van der Waals surface area contributed by atoms with Crippen molar-refractivity contribution in [3.05, 3.63) is 29.3 Å². The molecule has 198 valence electrons. The molecule has 1 fully saturated rings. The standard InChI is InChI=1S/C27H45NO6Si/c1-26(2,3)35(6,7)32-17-16-30-15-11-9-8-10-14-28-19-24(33-25(28)29)21-12-13-23-22(18-21)20-31-27(4,5)34-23/h12-13,18,24H,8-11,14-17,19-20H2,1-7H3/t24-/m0/s1. The molecule has 0 unspecified atom stereocenters. The second kappa shape index (κ2) is 11.6. The Balaban J connectivity index is 1.28. The van der Waals surface area contributed by atoms with Gasteiger partial charge in [-0.1, -0.05) is 39.7 Å². The van der Waals surface area contributed by atoms with Gasteiger partial charge in [0.15, 0.2) is 8.32 Å². The lowest BCUT2D eigenvalue weighted by Crippen LogP contribution is -2.41. The van der Waals surface area contributed by atoms with E-state index in [0.717, 1.165) is 55.7 Å². The number of unbranched alkanes of at least 4 members (excludes halogenated alkanes) is 3. The monoisotopic (exact) mass is 507 g/mol. The Hall–Kier alpha value is -1.61. The van der Waals surface area contributed by atoms with Gasteiger partial charge in [-0.15, -0.1) is 0 Å². The SMILES string of the molecule is CC1(C)OCc2cc([C@@H]3CN(CCCCCCOCCO[Si](C)(C)C(C)(C)C)C(=O)O3)ccc2O1. The van der Waals surface area contributed by atoms with Crippen LogP contribution in [0.15, 0.2) is 18.2 Å². The highest BCUT2D eigenvalue weighted by molar-refractivity contribution is 6.74. The number of carbonyl (C=O) groups excluding carboxylic acids is 1. The van der Waals surface area contributed by atoms with Crippen molar-refractivity contribution < 1.29 is 28.2 Å². The number of nitrogens with zero attached hydrogens (tertiary/aromatic N) is 1. The van der Waals surface area contributed by atoms with E-state index in [1.807, 2.05) is 36.9 Å². The van der Waals surface area contributed by atoms with Crippen LogP contribution >= 0.6 is 0 Å². The van der Waals surface area contributed by atoms with Crippen molar-refractivity contribution in [2.45, 2.75) is 96.9 Å². The molecular formula is C27H45NO6Si. The van der Waals surface area contributed by atoms with Crippen LogP contribution in [0.5, 0.6) is 5.75 Å². The van der Waals surface area contributed by atoms with Crippen LogP contribution < -0.4 is 4.74 Å². The Morgan fingerprint density at radius 3 is 2.57 bits per heavy atom. The normalized spacial score (nSPS) is 19.9. The number of amides is 1. The predicted molar refractivity (Wildman–Crippen MR) is 139 cm³/mol. The van der Waals surface area contributed by atoms with E-state index in [0.29, 0.717) is 26.4 Å². The average molecular weight is 508 g/mol. The fourth-order valence-electron chi connectivity index (χ4n) is 3.96. The largest absolute Gasteiger partial charge is 0.463 e. The molecule has 2 heterocycles. The van der Waals surface area contributed by atoms with E-state index in [-0.39, 0.29) is 17.2 Å². The summed E-state index contributed by atoms with van der Waals surface area (Å²) < 4.78 is 29.1. The van der Waals surface area contributed by atoms with Gasteiger partial charge < -0.3 is 28.3 Å². The third-order valence-corrected chi connectivity index (χ3v) is 11.8. The topological polar surface area (TPSA) is 66.5 Å². The van der Waals surface area contributed by atoms with Crippen molar-refractivity contribution in [2.24, 2.45) is 0 Å². The fourth-order valence-corrected chi connectivity index (χ4v) is 4.98. The van der Waals surface area contributed by atoms with Crippen LogP contribution in [0.1, 0.15) is 77.5 Å². The van der Waals surface area contributed by atoms with Gasteiger partial charge in [-0.05, 0) is 48.7 Å². The van der Waals surface area contributed by atoms with Gasteiger partial charge in [-0.2, -0.15) is 0 Å². The van der Waals surface area contributed by atoms with Gasteiger partial charge in [-0.3, -0.25) is 0 Å². The molecule has 0 N–H and O–H groups in total. The highest BCUT2D eigenvalue weighted by atomic mass is 28.4. The molecule has 2 aliphatic rings. The fraction of sp³-hybridized carbons (Fsp3) is 0.741. The van der Waals surface area contributed by atoms with Crippen LogP contribution in [-0.2, 0) is 25.2 Å². The molecule has 0 radical (unpaired) electrons. The molecule has 8 heteroatoms. The lowest BCUT2D eigenvalue weighted by molar-refractivity contribution is -0.180. The third-order valence-electron chi connectivity index (χ3n) is 7.24. The van der Waals surface area contributed by atoms with E-state index in [1.165, 1.54) is 0 Å². The van der Waals surface area contributed by atoms with Crippen molar-refractivity contribution in [1.29, 1.82) is 0 Å². The Bertz CT molecular complexity index is 851. The number of hydrogen-bond acceptors (Lipinski definition) is 6. The number of ether oxygens (including phenoxy) is 4. The molecule has 1 aromatic carbocycles. The Morgan fingerprint density at radius 1 is 1.09 bits per heavy atom. The molecule has 0 saturated carbocycles. The van der Waals surface area contributed by atoms with Crippen molar-refractivity contribution >= 4 is 14.4 Å².